The van der Waals surface area contributed by atoms with Gasteiger partial charge in [-0.1, -0.05) is 22.0 Å². The highest BCUT2D eigenvalue weighted by Crippen LogP contribution is 2.39. The molecule has 4 nitrogen and oxygen atoms in total. The number of oxazole rings is 1. The monoisotopic (exact) mass is 399 g/mol. The number of thioether (sulfide) groups is 1. The molecule has 0 amide bonds. The molecule has 23 heavy (non-hydrogen) atoms. The average molecular weight is 400 g/mol. The van der Waals surface area contributed by atoms with Crippen LogP contribution in [0.25, 0.3) is 0 Å². The molecule has 122 valence electrons. The Morgan fingerprint density at radius 2 is 2.30 bits per heavy atom. The summed E-state index contributed by atoms with van der Waals surface area (Å²) in [5.41, 5.74) is 0.565. The Hall–Kier alpha value is -1.34. The lowest BCUT2D eigenvalue weighted by atomic mass is 10.2. The number of carbonyl (C=O) groups is 1. The van der Waals surface area contributed by atoms with Crippen molar-refractivity contribution >= 4 is 33.7 Å². The van der Waals surface area contributed by atoms with Crippen molar-refractivity contribution in [3.8, 4) is 0 Å². The molecule has 0 N–H and O–H groups in total. The number of hydrogen-bond donors (Lipinski definition) is 0. The number of aromatic nitrogens is 1. The van der Waals surface area contributed by atoms with Gasteiger partial charge in [0.2, 0.25) is 0 Å². The van der Waals surface area contributed by atoms with Gasteiger partial charge in [0, 0.05) is 16.1 Å². The van der Waals surface area contributed by atoms with E-state index in [1.165, 1.54) is 17.8 Å². The van der Waals surface area contributed by atoms with Crippen molar-refractivity contribution in [1.82, 2.24) is 4.98 Å². The fourth-order valence-electron chi connectivity index (χ4n) is 1.98. The number of nitrogens with zero attached hydrogens (tertiary/aromatic N) is 1. The van der Waals surface area contributed by atoms with Crippen LogP contribution in [-0.4, -0.2) is 16.7 Å². The summed E-state index contributed by atoms with van der Waals surface area (Å²) < 4.78 is 25.0. The molecule has 1 aliphatic carbocycles. The van der Waals surface area contributed by atoms with E-state index >= 15 is 0 Å². The Kier molecular flexibility index (Phi) is 5.38. The second-order valence-electron chi connectivity index (χ2n) is 5.33. The summed E-state index contributed by atoms with van der Waals surface area (Å²) in [5, 5.41) is 0. The number of esters is 1. The van der Waals surface area contributed by atoms with Crippen LogP contribution in [0.15, 0.2) is 33.3 Å². The highest BCUT2D eigenvalue weighted by Gasteiger charge is 2.28. The number of rotatable bonds is 7. The van der Waals surface area contributed by atoms with Crippen LogP contribution in [0, 0.1) is 5.82 Å². The normalized spacial score (nSPS) is 14.0. The van der Waals surface area contributed by atoms with E-state index < -0.39 is 0 Å². The number of ether oxygens (including phenoxy) is 1. The summed E-state index contributed by atoms with van der Waals surface area (Å²) >= 11 is 4.52. The average Bonchev–Trinajstić information content (AvgIpc) is 3.26. The van der Waals surface area contributed by atoms with Gasteiger partial charge in [0.05, 0.1) is 11.9 Å². The van der Waals surface area contributed by atoms with E-state index in [2.05, 4.69) is 20.9 Å². The number of benzene rings is 1. The van der Waals surface area contributed by atoms with E-state index in [0.717, 1.165) is 18.7 Å². The van der Waals surface area contributed by atoms with Gasteiger partial charge in [-0.05, 0) is 30.5 Å². The van der Waals surface area contributed by atoms with Gasteiger partial charge >= 0.3 is 5.97 Å². The summed E-state index contributed by atoms with van der Waals surface area (Å²) in [4.78, 5) is 15.9. The second kappa shape index (κ2) is 7.49. The lowest BCUT2D eigenvalue weighted by Crippen LogP contribution is -2.07. The van der Waals surface area contributed by atoms with Crippen LogP contribution in [0.1, 0.15) is 36.0 Å². The lowest BCUT2D eigenvalue weighted by molar-refractivity contribution is -0.142. The predicted octanol–water partition coefficient (Wildman–Crippen LogP) is 4.43. The summed E-state index contributed by atoms with van der Waals surface area (Å²) in [7, 11) is 0. The molecule has 0 bridgehead atoms. The van der Waals surface area contributed by atoms with E-state index in [0.29, 0.717) is 27.5 Å². The summed E-state index contributed by atoms with van der Waals surface area (Å²) in [6, 6.07) is 4.89. The first-order chi connectivity index (χ1) is 11.1. The maximum absolute atomic E-state index is 13.6. The standard InChI is InChI=1S/C16H15BrFNO3S/c17-12-4-3-11(14(18)5-12)8-23-9-15(20)21-7-13-6-19-16(22-13)10-1-2-10/h3-6,10H,1-2,7-9H2. The molecule has 0 atom stereocenters. The Labute approximate surface area is 145 Å². The van der Waals surface area contributed by atoms with E-state index in [4.69, 9.17) is 9.15 Å². The van der Waals surface area contributed by atoms with Crippen molar-refractivity contribution in [2.75, 3.05) is 5.75 Å². The van der Waals surface area contributed by atoms with E-state index in [1.807, 2.05) is 0 Å². The van der Waals surface area contributed by atoms with Crippen molar-refractivity contribution in [2.24, 2.45) is 0 Å². The van der Waals surface area contributed by atoms with Gasteiger partial charge in [0.1, 0.15) is 5.82 Å². The first-order valence-electron chi connectivity index (χ1n) is 7.23. The minimum absolute atomic E-state index is 0.0890. The molecule has 1 aromatic heterocycles. The number of halogens is 2. The Morgan fingerprint density at radius 1 is 1.48 bits per heavy atom. The lowest BCUT2D eigenvalue weighted by Gasteiger charge is -2.04. The fraction of sp³-hybridized carbons (Fsp3) is 0.375. The molecular formula is C16H15BrFNO3S. The first kappa shape index (κ1) is 16.5. The molecule has 0 spiro atoms. The van der Waals surface area contributed by atoms with Crippen LogP contribution >= 0.6 is 27.7 Å². The maximum Gasteiger partial charge on any atom is 0.316 e. The molecule has 0 aliphatic heterocycles. The molecule has 1 aliphatic rings. The van der Waals surface area contributed by atoms with Crippen molar-refractivity contribution in [3.05, 3.63) is 51.9 Å². The zero-order chi connectivity index (χ0) is 16.2. The van der Waals surface area contributed by atoms with Crippen LogP contribution in [0.4, 0.5) is 4.39 Å². The van der Waals surface area contributed by atoms with Gasteiger partial charge in [-0.15, -0.1) is 11.8 Å². The molecule has 0 saturated heterocycles. The number of hydrogen-bond acceptors (Lipinski definition) is 5. The van der Waals surface area contributed by atoms with Crippen molar-refractivity contribution < 1.29 is 18.3 Å². The quantitative estimate of drug-likeness (QED) is 0.644. The Balaban J connectivity index is 1.38. The van der Waals surface area contributed by atoms with Crippen molar-refractivity contribution in [3.63, 3.8) is 0 Å². The minimum atomic E-state index is -0.350. The SMILES string of the molecule is O=C(CSCc1ccc(Br)cc1F)OCc1cnc(C2CC2)o1. The first-order valence-corrected chi connectivity index (χ1v) is 9.18. The minimum Gasteiger partial charge on any atom is -0.457 e. The molecule has 0 radical (unpaired) electrons. The van der Waals surface area contributed by atoms with Gasteiger partial charge in [-0.2, -0.15) is 0 Å². The van der Waals surface area contributed by atoms with E-state index in [1.54, 1.807) is 18.3 Å². The Bertz CT molecular complexity index is 702. The van der Waals surface area contributed by atoms with Crippen LogP contribution in [-0.2, 0) is 21.9 Å². The Morgan fingerprint density at radius 3 is 3.04 bits per heavy atom. The molecule has 1 aromatic carbocycles. The molecule has 3 rings (SSSR count). The highest BCUT2D eigenvalue weighted by molar-refractivity contribution is 9.10. The molecule has 7 heteroatoms. The summed E-state index contributed by atoms with van der Waals surface area (Å²) in [5.74, 6) is 1.68. The van der Waals surface area contributed by atoms with Crippen LogP contribution in [0.3, 0.4) is 0 Å². The smallest absolute Gasteiger partial charge is 0.316 e. The second-order valence-corrected chi connectivity index (χ2v) is 7.23. The van der Waals surface area contributed by atoms with E-state index in [-0.39, 0.29) is 24.1 Å². The third-order valence-electron chi connectivity index (χ3n) is 3.37. The zero-order valence-corrected chi connectivity index (χ0v) is 14.7. The highest BCUT2D eigenvalue weighted by atomic mass is 79.9. The molecular weight excluding hydrogens is 385 g/mol. The molecule has 1 saturated carbocycles. The molecule has 2 aromatic rings. The van der Waals surface area contributed by atoms with Crippen molar-refractivity contribution in [1.29, 1.82) is 0 Å². The van der Waals surface area contributed by atoms with Crippen LogP contribution in [0.5, 0.6) is 0 Å². The van der Waals surface area contributed by atoms with Crippen molar-refractivity contribution in [2.45, 2.75) is 31.1 Å². The predicted molar refractivity (Wildman–Crippen MR) is 88.5 cm³/mol. The summed E-state index contributed by atoms with van der Waals surface area (Å²) in [6.07, 6.45) is 3.83. The topological polar surface area (TPSA) is 52.3 Å². The third kappa shape index (κ3) is 4.81. The molecule has 1 heterocycles. The summed E-state index contributed by atoms with van der Waals surface area (Å²) in [6.45, 7) is 0.0890. The molecule has 1 fully saturated rings. The van der Waals surface area contributed by atoms with Gasteiger partial charge in [-0.25, -0.2) is 9.37 Å². The largest absolute Gasteiger partial charge is 0.457 e. The van der Waals surface area contributed by atoms with Gasteiger partial charge in [-0.3, -0.25) is 4.79 Å². The fourth-order valence-corrected chi connectivity index (χ4v) is 3.12. The van der Waals surface area contributed by atoms with Crippen LogP contribution in [0.2, 0.25) is 0 Å². The van der Waals surface area contributed by atoms with Gasteiger partial charge in [0.15, 0.2) is 18.3 Å². The van der Waals surface area contributed by atoms with Gasteiger partial charge in [0.25, 0.3) is 0 Å². The van der Waals surface area contributed by atoms with Crippen LogP contribution < -0.4 is 0 Å². The number of carbonyl (C=O) groups excluding carboxylic acids is 1. The third-order valence-corrected chi connectivity index (χ3v) is 4.81. The zero-order valence-electron chi connectivity index (χ0n) is 12.3. The molecule has 0 unspecified atom stereocenters. The maximum atomic E-state index is 13.6. The van der Waals surface area contributed by atoms with Gasteiger partial charge < -0.3 is 9.15 Å². The van der Waals surface area contributed by atoms with E-state index in [9.17, 15) is 9.18 Å².